The van der Waals surface area contributed by atoms with Gasteiger partial charge in [0.1, 0.15) is 5.69 Å². The van der Waals surface area contributed by atoms with E-state index in [1.165, 1.54) is 6.92 Å². The molecule has 1 aromatic carbocycles. The zero-order chi connectivity index (χ0) is 18.9. The van der Waals surface area contributed by atoms with Crippen molar-refractivity contribution >= 4 is 28.9 Å². The number of hydrogen-bond donors (Lipinski definition) is 3. The van der Waals surface area contributed by atoms with E-state index in [0.717, 1.165) is 24.3 Å². The minimum atomic E-state index is -0.178. The molecule has 2 aromatic rings. The molecular weight excluding hydrogens is 330 g/mol. The van der Waals surface area contributed by atoms with Gasteiger partial charge in [-0.05, 0) is 57.4 Å². The van der Waals surface area contributed by atoms with Crippen LogP contribution in [0.2, 0.25) is 0 Å². The third kappa shape index (κ3) is 6.52. The summed E-state index contributed by atoms with van der Waals surface area (Å²) in [4.78, 5) is 29.5. The Bertz CT molecular complexity index is 744. The molecular formula is C19H25N5O2. The van der Waals surface area contributed by atoms with Gasteiger partial charge in [0.15, 0.2) is 0 Å². The Kier molecular flexibility index (Phi) is 7.11. The van der Waals surface area contributed by atoms with Crippen molar-refractivity contribution in [2.45, 2.75) is 13.3 Å². The van der Waals surface area contributed by atoms with Crippen LogP contribution in [0.3, 0.4) is 0 Å². The van der Waals surface area contributed by atoms with Gasteiger partial charge in [-0.3, -0.25) is 9.59 Å². The monoisotopic (exact) mass is 355 g/mol. The van der Waals surface area contributed by atoms with Crippen molar-refractivity contribution in [2.75, 3.05) is 37.8 Å². The highest BCUT2D eigenvalue weighted by Gasteiger charge is 2.07. The Morgan fingerprint density at radius 2 is 1.85 bits per heavy atom. The first-order valence-electron chi connectivity index (χ1n) is 8.47. The molecule has 0 aliphatic heterocycles. The van der Waals surface area contributed by atoms with E-state index in [4.69, 9.17) is 0 Å². The second-order valence-electron chi connectivity index (χ2n) is 6.23. The maximum Gasteiger partial charge on any atom is 0.269 e. The zero-order valence-corrected chi connectivity index (χ0v) is 15.4. The van der Waals surface area contributed by atoms with E-state index in [0.29, 0.717) is 17.9 Å². The molecule has 0 saturated heterocycles. The van der Waals surface area contributed by atoms with Gasteiger partial charge in [-0.25, -0.2) is 4.98 Å². The van der Waals surface area contributed by atoms with Gasteiger partial charge in [-0.15, -0.1) is 0 Å². The number of rotatable bonds is 8. The number of aromatic nitrogens is 1. The largest absolute Gasteiger partial charge is 0.354 e. The molecule has 0 spiro atoms. The summed E-state index contributed by atoms with van der Waals surface area (Å²) in [7, 11) is 4.00. The third-order valence-electron chi connectivity index (χ3n) is 3.54. The molecule has 1 aromatic heterocycles. The molecule has 0 atom stereocenters. The van der Waals surface area contributed by atoms with Crippen LogP contribution in [0.25, 0.3) is 0 Å². The molecule has 0 fully saturated rings. The lowest BCUT2D eigenvalue weighted by Gasteiger charge is -2.10. The zero-order valence-electron chi connectivity index (χ0n) is 15.4. The molecule has 0 aliphatic rings. The summed E-state index contributed by atoms with van der Waals surface area (Å²) in [5.41, 5.74) is 2.67. The molecule has 2 rings (SSSR count). The molecule has 0 bridgehead atoms. The fourth-order valence-corrected chi connectivity index (χ4v) is 2.33. The molecule has 26 heavy (non-hydrogen) atoms. The normalized spacial score (nSPS) is 10.5. The van der Waals surface area contributed by atoms with Gasteiger partial charge in [0.2, 0.25) is 5.91 Å². The molecule has 7 heteroatoms. The Morgan fingerprint density at radius 3 is 2.50 bits per heavy atom. The van der Waals surface area contributed by atoms with E-state index in [1.54, 1.807) is 18.3 Å². The fourth-order valence-electron chi connectivity index (χ4n) is 2.33. The summed E-state index contributed by atoms with van der Waals surface area (Å²) < 4.78 is 0. The second-order valence-corrected chi connectivity index (χ2v) is 6.23. The molecule has 0 radical (unpaired) electrons. The lowest BCUT2D eigenvalue weighted by Crippen LogP contribution is -2.27. The fraction of sp³-hybridized carbons (Fsp3) is 0.316. The number of hydrogen-bond acceptors (Lipinski definition) is 5. The van der Waals surface area contributed by atoms with Crippen molar-refractivity contribution in [3.8, 4) is 0 Å². The van der Waals surface area contributed by atoms with Crippen LogP contribution in [-0.4, -0.2) is 48.9 Å². The van der Waals surface area contributed by atoms with E-state index >= 15 is 0 Å². The first-order valence-corrected chi connectivity index (χ1v) is 8.47. The maximum atomic E-state index is 12.1. The summed E-state index contributed by atoms with van der Waals surface area (Å²) in [5, 5.41) is 8.79. The summed E-state index contributed by atoms with van der Waals surface area (Å²) in [5.74, 6) is -0.298. The number of amides is 2. The van der Waals surface area contributed by atoms with Gasteiger partial charge in [0.05, 0.1) is 11.9 Å². The Labute approximate surface area is 153 Å². The number of nitrogens with one attached hydrogen (secondary N) is 3. The van der Waals surface area contributed by atoms with Crippen molar-refractivity contribution in [1.82, 2.24) is 15.2 Å². The molecule has 3 N–H and O–H groups in total. The van der Waals surface area contributed by atoms with Crippen molar-refractivity contribution in [2.24, 2.45) is 0 Å². The standard InChI is InChI=1S/C19H25N5O2/c1-14(25)22-15-6-4-7-16(12-15)23-17-8-9-18(21-13-17)19(26)20-10-5-11-24(2)3/h4,6-9,12-13,23H,5,10-11H2,1-3H3,(H,20,26)(H,22,25). The first kappa shape index (κ1) is 19.4. The molecule has 1 heterocycles. The Hall–Kier alpha value is -2.93. The average molecular weight is 355 g/mol. The highest BCUT2D eigenvalue weighted by molar-refractivity contribution is 5.92. The number of carbonyl (C=O) groups is 2. The highest BCUT2D eigenvalue weighted by Crippen LogP contribution is 2.19. The SMILES string of the molecule is CC(=O)Nc1cccc(Nc2ccc(C(=O)NCCCN(C)C)nc2)c1. The minimum Gasteiger partial charge on any atom is -0.354 e. The van der Waals surface area contributed by atoms with Crippen molar-refractivity contribution in [3.05, 3.63) is 48.3 Å². The predicted octanol–water partition coefficient (Wildman–Crippen LogP) is 2.47. The smallest absolute Gasteiger partial charge is 0.269 e. The van der Waals surface area contributed by atoms with Crippen LogP contribution in [0.4, 0.5) is 17.1 Å². The van der Waals surface area contributed by atoms with E-state index in [9.17, 15) is 9.59 Å². The van der Waals surface area contributed by atoms with Crippen molar-refractivity contribution in [3.63, 3.8) is 0 Å². The number of pyridine rings is 1. The van der Waals surface area contributed by atoms with E-state index < -0.39 is 0 Å². The quantitative estimate of drug-likeness (QED) is 0.633. The van der Waals surface area contributed by atoms with Crippen LogP contribution in [0, 0.1) is 0 Å². The van der Waals surface area contributed by atoms with Crippen LogP contribution in [0.1, 0.15) is 23.8 Å². The third-order valence-corrected chi connectivity index (χ3v) is 3.54. The number of nitrogens with zero attached hydrogens (tertiary/aromatic N) is 2. The van der Waals surface area contributed by atoms with E-state index in [1.807, 2.05) is 38.4 Å². The molecule has 0 unspecified atom stereocenters. The molecule has 138 valence electrons. The minimum absolute atomic E-state index is 0.121. The van der Waals surface area contributed by atoms with Crippen LogP contribution >= 0.6 is 0 Å². The maximum absolute atomic E-state index is 12.1. The van der Waals surface area contributed by atoms with Crippen LogP contribution < -0.4 is 16.0 Å². The lowest BCUT2D eigenvalue weighted by molar-refractivity contribution is -0.114. The summed E-state index contributed by atoms with van der Waals surface area (Å²) in [6.07, 6.45) is 2.50. The van der Waals surface area contributed by atoms with Gasteiger partial charge >= 0.3 is 0 Å². The highest BCUT2D eigenvalue weighted by atomic mass is 16.2. The van der Waals surface area contributed by atoms with Gasteiger partial charge in [0, 0.05) is 24.8 Å². The molecule has 0 aliphatic carbocycles. The van der Waals surface area contributed by atoms with Crippen molar-refractivity contribution < 1.29 is 9.59 Å². The van der Waals surface area contributed by atoms with Gasteiger partial charge in [0.25, 0.3) is 5.91 Å². The average Bonchev–Trinajstić information content (AvgIpc) is 2.59. The Morgan fingerprint density at radius 1 is 1.08 bits per heavy atom. The predicted molar refractivity (Wildman–Crippen MR) is 104 cm³/mol. The van der Waals surface area contributed by atoms with E-state index in [-0.39, 0.29) is 11.8 Å². The lowest BCUT2D eigenvalue weighted by atomic mass is 10.2. The van der Waals surface area contributed by atoms with E-state index in [2.05, 4.69) is 25.8 Å². The topological polar surface area (TPSA) is 86.4 Å². The number of anilines is 3. The van der Waals surface area contributed by atoms with Crippen molar-refractivity contribution in [1.29, 1.82) is 0 Å². The molecule has 0 saturated carbocycles. The number of benzene rings is 1. The first-order chi connectivity index (χ1) is 12.4. The summed E-state index contributed by atoms with van der Waals surface area (Å²) in [6, 6.07) is 10.8. The molecule has 2 amide bonds. The summed E-state index contributed by atoms with van der Waals surface area (Å²) >= 11 is 0. The number of carbonyl (C=O) groups excluding carboxylic acids is 2. The Balaban J connectivity index is 1.91. The van der Waals surface area contributed by atoms with Crippen LogP contribution in [0.5, 0.6) is 0 Å². The van der Waals surface area contributed by atoms with Crippen LogP contribution in [-0.2, 0) is 4.79 Å². The van der Waals surface area contributed by atoms with Gasteiger partial charge < -0.3 is 20.9 Å². The summed E-state index contributed by atoms with van der Waals surface area (Å²) in [6.45, 7) is 3.01. The van der Waals surface area contributed by atoms with Crippen LogP contribution in [0.15, 0.2) is 42.6 Å². The second kappa shape index (κ2) is 9.53. The van der Waals surface area contributed by atoms with Gasteiger partial charge in [-0.2, -0.15) is 0 Å². The van der Waals surface area contributed by atoms with Gasteiger partial charge in [-0.1, -0.05) is 6.07 Å². The molecule has 7 nitrogen and oxygen atoms in total.